The van der Waals surface area contributed by atoms with Gasteiger partial charge in [0.05, 0.1) is 6.61 Å². The van der Waals surface area contributed by atoms with Crippen molar-refractivity contribution < 1.29 is 9.53 Å². The molecule has 1 heterocycles. The minimum Gasteiger partial charge on any atom is -0.361 e. The number of carbonyl (C=O) groups excluding carboxylic acids is 1. The van der Waals surface area contributed by atoms with Crippen molar-refractivity contribution in [1.29, 1.82) is 0 Å². The number of benzene rings is 2. The van der Waals surface area contributed by atoms with E-state index in [-0.39, 0.29) is 11.7 Å². The molecule has 2 atom stereocenters. The molecule has 114 valence electrons. The van der Waals surface area contributed by atoms with E-state index in [0.29, 0.717) is 13.0 Å². The van der Waals surface area contributed by atoms with Gasteiger partial charge in [-0.2, -0.15) is 0 Å². The van der Waals surface area contributed by atoms with E-state index >= 15 is 0 Å². The highest BCUT2D eigenvalue weighted by atomic mass is 16.5. The molecule has 1 aliphatic heterocycles. The third-order valence-electron chi connectivity index (χ3n) is 4.74. The van der Waals surface area contributed by atoms with Crippen molar-refractivity contribution in [3.8, 4) is 0 Å². The number of carbonyl (C=O) groups is 1. The van der Waals surface area contributed by atoms with E-state index in [4.69, 9.17) is 4.74 Å². The molecule has 1 fully saturated rings. The van der Waals surface area contributed by atoms with Crippen molar-refractivity contribution in [2.75, 3.05) is 6.61 Å². The summed E-state index contributed by atoms with van der Waals surface area (Å²) >= 11 is 0. The summed E-state index contributed by atoms with van der Waals surface area (Å²) in [6, 6.07) is 20.4. The molecule has 0 bridgehead atoms. The molecule has 2 aromatic rings. The smallest absolute Gasteiger partial charge is 0.156 e. The number of ether oxygens (including phenoxy) is 1. The fourth-order valence-electron chi connectivity index (χ4n) is 3.60. The second-order valence-corrected chi connectivity index (χ2v) is 6.13. The molecule has 2 heteroatoms. The Morgan fingerprint density at radius 3 is 2.43 bits per heavy atom. The van der Waals surface area contributed by atoms with Crippen LogP contribution in [0.1, 0.15) is 17.5 Å². The summed E-state index contributed by atoms with van der Waals surface area (Å²) in [4.78, 5) is 12.0. The second-order valence-electron chi connectivity index (χ2n) is 6.13. The van der Waals surface area contributed by atoms with E-state index in [0.717, 1.165) is 11.1 Å². The highest BCUT2D eigenvalue weighted by molar-refractivity contribution is 5.92. The maximum Gasteiger partial charge on any atom is 0.156 e. The van der Waals surface area contributed by atoms with Crippen LogP contribution in [0.25, 0.3) is 6.08 Å². The molecule has 1 aliphatic carbocycles. The van der Waals surface area contributed by atoms with E-state index in [9.17, 15) is 4.79 Å². The van der Waals surface area contributed by atoms with Crippen molar-refractivity contribution in [3.63, 3.8) is 0 Å². The predicted molar refractivity (Wildman–Crippen MR) is 90.7 cm³/mol. The van der Waals surface area contributed by atoms with Gasteiger partial charge in [0.2, 0.25) is 0 Å². The van der Waals surface area contributed by atoms with Crippen LogP contribution in [0.2, 0.25) is 0 Å². The highest BCUT2D eigenvalue weighted by Gasteiger charge is 2.48. The summed E-state index contributed by atoms with van der Waals surface area (Å²) in [7, 11) is 0. The highest BCUT2D eigenvalue weighted by Crippen LogP contribution is 2.49. The van der Waals surface area contributed by atoms with Crippen LogP contribution in [0.5, 0.6) is 0 Å². The van der Waals surface area contributed by atoms with E-state index < -0.39 is 5.60 Å². The Balaban J connectivity index is 1.79. The van der Waals surface area contributed by atoms with Crippen LogP contribution >= 0.6 is 0 Å². The first kappa shape index (κ1) is 14.2. The molecule has 0 aromatic heterocycles. The Morgan fingerprint density at radius 2 is 1.70 bits per heavy atom. The predicted octanol–water partition coefficient (Wildman–Crippen LogP) is 4.14. The maximum atomic E-state index is 12.0. The zero-order valence-corrected chi connectivity index (χ0v) is 12.8. The molecule has 0 saturated carbocycles. The summed E-state index contributed by atoms with van der Waals surface area (Å²) in [6.07, 6.45) is 6.30. The summed E-state index contributed by atoms with van der Waals surface area (Å²) < 4.78 is 6.26. The van der Waals surface area contributed by atoms with Gasteiger partial charge in [-0.05, 0) is 28.9 Å². The van der Waals surface area contributed by atoms with Crippen molar-refractivity contribution >= 4 is 11.9 Å². The van der Waals surface area contributed by atoms with Crippen molar-refractivity contribution in [1.82, 2.24) is 0 Å². The molecule has 2 aliphatic rings. The Hall–Kier alpha value is -2.45. The number of hydrogen-bond acceptors (Lipinski definition) is 2. The van der Waals surface area contributed by atoms with Gasteiger partial charge in [-0.1, -0.05) is 66.7 Å². The van der Waals surface area contributed by atoms with Gasteiger partial charge in [0.1, 0.15) is 5.60 Å². The Kier molecular flexibility index (Phi) is 3.47. The molecule has 2 aromatic carbocycles. The van der Waals surface area contributed by atoms with Crippen molar-refractivity contribution in [2.24, 2.45) is 5.92 Å². The van der Waals surface area contributed by atoms with Crippen molar-refractivity contribution in [3.05, 3.63) is 89.5 Å². The second kappa shape index (κ2) is 5.64. The van der Waals surface area contributed by atoms with Gasteiger partial charge in [-0.15, -0.1) is 0 Å². The average Bonchev–Trinajstić information content (AvgIpc) is 2.96. The van der Waals surface area contributed by atoms with Crippen LogP contribution in [0.15, 0.2) is 78.4 Å². The topological polar surface area (TPSA) is 26.3 Å². The van der Waals surface area contributed by atoms with Gasteiger partial charge >= 0.3 is 0 Å². The number of rotatable bonds is 2. The first-order valence-corrected chi connectivity index (χ1v) is 7.95. The Morgan fingerprint density at radius 1 is 1.00 bits per heavy atom. The molecule has 0 radical (unpaired) electrons. The minimum atomic E-state index is -0.504. The molecular formula is C21H18O2. The van der Waals surface area contributed by atoms with Gasteiger partial charge in [0.25, 0.3) is 0 Å². The SMILES string of the molecule is O=C1C=C[C@]2(c3ccccc3)OC/C(=C\c3ccccc3)[C@@H]2C1. The van der Waals surface area contributed by atoms with E-state index in [1.807, 2.05) is 42.5 Å². The van der Waals surface area contributed by atoms with Gasteiger partial charge in [0, 0.05) is 12.3 Å². The normalized spacial score (nSPS) is 28.1. The molecular weight excluding hydrogens is 284 g/mol. The first-order chi connectivity index (χ1) is 11.3. The van der Waals surface area contributed by atoms with Gasteiger partial charge in [0.15, 0.2) is 5.78 Å². The minimum absolute atomic E-state index is 0.0719. The molecule has 0 amide bonds. The molecule has 4 rings (SSSR count). The van der Waals surface area contributed by atoms with Crippen LogP contribution in [-0.2, 0) is 15.1 Å². The number of fused-ring (bicyclic) bond motifs is 1. The Bertz CT molecular complexity index is 774. The lowest BCUT2D eigenvalue weighted by molar-refractivity contribution is -0.117. The van der Waals surface area contributed by atoms with Crippen LogP contribution in [0.3, 0.4) is 0 Å². The van der Waals surface area contributed by atoms with Crippen molar-refractivity contribution in [2.45, 2.75) is 12.0 Å². The fraction of sp³-hybridized carbons (Fsp3) is 0.190. The molecule has 2 nitrogen and oxygen atoms in total. The van der Waals surface area contributed by atoms with Crippen LogP contribution in [-0.4, -0.2) is 12.4 Å². The zero-order valence-electron chi connectivity index (χ0n) is 12.8. The fourth-order valence-corrected chi connectivity index (χ4v) is 3.60. The monoisotopic (exact) mass is 302 g/mol. The third-order valence-corrected chi connectivity index (χ3v) is 4.74. The molecule has 23 heavy (non-hydrogen) atoms. The first-order valence-electron chi connectivity index (χ1n) is 7.95. The maximum absolute atomic E-state index is 12.0. The van der Waals surface area contributed by atoms with E-state index in [1.54, 1.807) is 6.08 Å². The molecule has 0 spiro atoms. The number of allylic oxidation sites excluding steroid dienone is 1. The molecule has 1 saturated heterocycles. The summed E-state index contributed by atoms with van der Waals surface area (Å²) in [5.74, 6) is 0.244. The Labute approximate surface area is 136 Å². The molecule has 0 N–H and O–H groups in total. The lowest BCUT2D eigenvalue weighted by Crippen LogP contribution is -2.35. The lowest BCUT2D eigenvalue weighted by atomic mass is 9.73. The van der Waals surface area contributed by atoms with Gasteiger partial charge in [-0.25, -0.2) is 0 Å². The van der Waals surface area contributed by atoms with E-state index in [2.05, 4.69) is 30.3 Å². The lowest BCUT2D eigenvalue weighted by Gasteiger charge is -2.34. The van der Waals surface area contributed by atoms with Crippen LogP contribution in [0, 0.1) is 5.92 Å². The van der Waals surface area contributed by atoms with Gasteiger partial charge < -0.3 is 4.74 Å². The van der Waals surface area contributed by atoms with Crippen LogP contribution < -0.4 is 0 Å². The summed E-state index contributed by atoms with van der Waals surface area (Å²) in [5.41, 5.74) is 2.95. The quantitative estimate of drug-likeness (QED) is 0.833. The largest absolute Gasteiger partial charge is 0.361 e. The average molecular weight is 302 g/mol. The number of hydrogen-bond donors (Lipinski definition) is 0. The van der Waals surface area contributed by atoms with E-state index in [1.165, 1.54) is 5.57 Å². The van der Waals surface area contributed by atoms with Crippen LogP contribution in [0.4, 0.5) is 0 Å². The third kappa shape index (κ3) is 2.45. The summed E-state index contributed by atoms with van der Waals surface area (Å²) in [5, 5.41) is 0. The van der Waals surface area contributed by atoms with Gasteiger partial charge in [-0.3, -0.25) is 4.79 Å². The number of ketones is 1. The standard InChI is InChI=1S/C21H18O2/c22-19-11-12-21(18-9-5-2-6-10-18)20(14-19)17(15-23-21)13-16-7-3-1-4-8-16/h1-13,20H,14-15H2/b17-13+/t20-,21+/m0/s1. The summed E-state index contributed by atoms with van der Waals surface area (Å²) in [6.45, 7) is 0.562. The zero-order chi connectivity index (χ0) is 15.7. The molecule has 0 unspecified atom stereocenters.